The third-order valence-electron chi connectivity index (χ3n) is 3.34. The Morgan fingerprint density at radius 1 is 0.882 bits per heavy atom. The maximum atomic E-state index is 5.72. The second-order valence-electron chi connectivity index (χ2n) is 4.79. The van der Waals surface area contributed by atoms with Gasteiger partial charge in [-0.2, -0.15) is 0 Å². The minimum absolute atomic E-state index is 0.0236. The molecular weight excluding hydrogens is 218 g/mol. The van der Waals surface area contributed by atoms with E-state index in [2.05, 4.69) is 13.8 Å². The van der Waals surface area contributed by atoms with Crippen LogP contribution in [-0.2, 0) is 18.6 Å². The van der Waals surface area contributed by atoms with Crippen LogP contribution in [0.2, 0.25) is 12.6 Å². The minimum Gasteiger partial charge on any atom is -0.408 e. The van der Waals surface area contributed by atoms with Gasteiger partial charge in [-0.05, 0) is 31.9 Å². The summed E-state index contributed by atoms with van der Waals surface area (Å²) in [6.07, 6.45) is 5.69. The summed E-state index contributed by atoms with van der Waals surface area (Å²) in [5, 5.41) is 0. The molecule has 96 valence electrons. The van der Waals surface area contributed by atoms with Crippen LogP contribution in [0.25, 0.3) is 0 Å². The van der Waals surface area contributed by atoms with Crippen molar-refractivity contribution in [2.45, 2.75) is 58.0 Å². The van der Waals surface area contributed by atoms with Gasteiger partial charge >= 0.3 is 14.2 Å². The fraction of sp³-hybridized carbons (Fsp3) is 1.00. The number of rotatable bonds is 6. The van der Waals surface area contributed by atoms with Gasteiger partial charge in [0, 0.05) is 0 Å². The molecule has 4 nitrogen and oxygen atoms in total. The van der Waals surface area contributed by atoms with Crippen LogP contribution in [0, 0.1) is 0 Å². The summed E-state index contributed by atoms with van der Waals surface area (Å²) >= 11 is 0. The average Bonchev–Trinajstić information content (AvgIpc) is 2.97. The first-order chi connectivity index (χ1) is 8.31. The van der Waals surface area contributed by atoms with Crippen LogP contribution in [0.15, 0.2) is 0 Å². The van der Waals surface area contributed by atoms with E-state index in [1.54, 1.807) is 0 Å². The van der Waals surface area contributed by atoms with E-state index in [1.165, 1.54) is 0 Å². The molecule has 0 radical (unpaired) electrons. The highest BCUT2D eigenvalue weighted by Gasteiger charge is 2.31. The molecular formula is C11H22B2O4. The highest BCUT2D eigenvalue weighted by molar-refractivity contribution is 6.45. The zero-order valence-electron chi connectivity index (χ0n) is 10.9. The van der Waals surface area contributed by atoms with Gasteiger partial charge in [-0.1, -0.05) is 13.8 Å². The normalized spacial score (nSPS) is 29.3. The van der Waals surface area contributed by atoms with Crippen LogP contribution in [0.4, 0.5) is 0 Å². The lowest BCUT2D eigenvalue weighted by Crippen LogP contribution is -2.17. The van der Waals surface area contributed by atoms with E-state index in [9.17, 15) is 0 Å². The molecule has 2 rings (SSSR count). The monoisotopic (exact) mass is 240 g/mol. The predicted octanol–water partition coefficient (Wildman–Crippen LogP) is 2.00. The van der Waals surface area contributed by atoms with Crippen molar-refractivity contribution in [1.82, 2.24) is 0 Å². The average molecular weight is 240 g/mol. The molecule has 2 atom stereocenters. The van der Waals surface area contributed by atoms with E-state index in [-0.39, 0.29) is 26.4 Å². The van der Waals surface area contributed by atoms with Crippen LogP contribution in [0.5, 0.6) is 0 Å². The Morgan fingerprint density at radius 2 is 1.35 bits per heavy atom. The van der Waals surface area contributed by atoms with Gasteiger partial charge in [0.1, 0.15) is 0 Å². The molecule has 2 unspecified atom stereocenters. The van der Waals surface area contributed by atoms with Gasteiger partial charge in [0.05, 0.1) is 25.4 Å². The summed E-state index contributed by atoms with van der Waals surface area (Å²) in [7, 11) is 0.0473. The Balaban J connectivity index is 1.55. The standard InChI is InChI=1S/C11H22B2O4/c1-3-12-14-8-10(16-12)6-5-7-11-9-15-13(4-2)17-11/h10-11H,3-9H2,1-2H3. The summed E-state index contributed by atoms with van der Waals surface area (Å²) < 4.78 is 22.4. The van der Waals surface area contributed by atoms with Gasteiger partial charge < -0.3 is 18.6 Å². The summed E-state index contributed by atoms with van der Waals surface area (Å²) in [5.74, 6) is 0. The maximum Gasteiger partial charge on any atom is 0.456 e. The zero-order chi connectivity index (χ0) is 12.1. The van der Waals surface area contributed by atoms with E-state index in [0.717, 1.165) is 45.1 Å². The first-order valence-corrected chi connectivity index (χ1v) is 6.86. The van der Waals surface area contributed by atoms with Crippen molar-refractivity contribution in [3.63, 3.8) is 0 Å². The maximum absolute atomic E-state index is 5.72. The smallest absolute Gasteiger partial charge is 0.408 e. The third-order valence-corrected chi connectivity index (χ3v) is 3.34. The van der Waals surface area contributed by atoms with Gasteiger partial charge in [0.2, 0.25) is 0 Å². The molecule has 2 aliphatic heterocycles. The molecule has 2 saturated heterocycles. The van der Waals surface area contributed by atoms with Gasteiger partial charge in [-0.25, -0.2) is 0 Å². The molecule has 2 heterocycles. The fourth-order valence-corrected chi connectivity index (χ4v) is 2.32. The summed E-state index contributed by atoms with van der Waals surface area (Å²) in [5.41, 5.74) is 0. The third kappa shape index (κ3) is 3.98. The molecule has 0 aromatic heterocycles. The molecule has 0 N–H and O–H groups in total. The van der Waals surface area contributed by atoms with Crippen molar-refractivity contribution < 1.29 is 18.6 Å². The zero-order valence-corrected chi connectivity index (χ0v) is 10.9. The lowest BCUT2D eigenvalue weighted by atomic mass is 9.87. The lowest BCUT2D eigenvalue weighted by Gasteiger charge is -2.12. The molecule has 0 aromatic carbocycles. The molecule has 0 aliphatic carbocycles. The van der Waals surface area contributed by atoms with E-state index in [0.29, 0.717) is 0 Å². The van der Waals surface area contributed by atoms with Crippen LogP contribution >= 0.6 is 0 Å². The van der Waals surface area contributed by atoms with E-state index < -0.39 is 0 Å². The molecule has 17 heavy (non-hydrogen) atoms. The van der Waals surface area contributed by atoms with Crippen molar-refractivity contribution in [3.8, 4) is 0 Å². The molecule has 0 aromatic rings. The minimum atomic E-state index is 0.0236. The summed E-state index contributed by atoms with van der Waals surface area (Å²) in [6.45, 7) is 5.67. The van der Waals surface area contributed by atoms with Crippen LogP contribution in [-0.4, -0.2) is 39.7 Å². The topological polar surface area (TPSA) is 36.9 Å². The van der Waals surface area contributed by atoms with Crippen molar-refractivity contribution in [2.24, 2.45) is 0 Å². The van der Waals surface area contributed by atoms with Gasteiger partial charge in [0.25, 0.3) is 0 Å². The molecule has 0 saturated carbocycles. The molecule has 0 bridgehead atoms. The summed E-state index contributed by atoms with van der Waals surface area (Å²) in [6, 6.07) is 0. The molecule has 2 fully saturated rings. The molecule has 0 amide bonds. The second kappa shape index (κ2) is 6.78. The highest BCUT2D eigenvalue weighted by Crippen LogP contribution is 2.20. The Labute approximate surface area is 105 Å². The predicted molar refractivity (Wildman–Crippen MR) is 68.0 cm³/mol. The van der Waals surface area contributed by atoms with Crippen molar-refractivity contribution in [1.29, 1.82) is 0 Å². The number of hydrogen-bond donors (Lipinski definition) is 0. The van der Waals surface area contributed by atoms with Gasteiger partial charge in [-0.15, -0.1) is 0 Å². The molecule has 0 spiro atoms. The van der Waals surface area contributed by atoms with Crippen LogP contribution in [0.1, 0.15) is 33.1 Å². The van der Waals surface area contributed by atoms with Gasteiger partial charge in [0.15, 0.2) is 0 Å². The Hall–Kier alpha value is -0.0301. The second-order valence-corrected chi connectivity index (χ2v) is 4.79. The van der Waals surface area contributed by atoms with Crippen molar-refractivity contribution in [3.05, 3.63) is 0 Å². The van der Waals surface area contributed by atoms with E-state index in [1.807, 2.05) is 0 Å². The largest absolute Gasteiger partial charge is 0.456 e. The molecule has 2 aliphatic rings. The van der Waals surface area contributed by atoms with Crippen LogP contribution in [0.3, 0.4) is 0 Å². The summed E-state index contributed by atoms with van der Waals surface area (Å²) in [4.78, 5) is 0. The van der Waals surface area contributed by atoms with E-state index in [4.69, 9.17) is 18.6 Å². The first kappa shape index (κ1) is 13.4. The fourth-order valence-electron chi connectivity index (χ4n) is 2.32. The van der Waals surface area contributed by atoms with Crippen molar-refractivity contribution in [2.75, 3.05) is 13.2 Å². The van der Waals surface area contributed by atoms with Gasteiger partial charge in [-0.3, -0.25) is 0 Å². The van der Waals surface area contributed by atoms with Crippen LogP contribution < -0.4 is 0 Å². The molecule has 6 heteroatoms. The first-order valence-electron chi connectivity index (χ1n) is 6.86. The van der Waals surface area contributed by atoms with E-state index >= 15 is 0 Å². The lowest BCUT2D eigenvalue weighted by molar-refractivity contribution is 0.186. The number of hydrogen-bond acceptors (Lipinski definition) is 4. The van der Waals surface area contributed by atoms with Crippen molar-refractivity contribution >= 4 is 14.2 Å². The Morgan fingerprint density at radius 3 is 1.71 bits per heavy atom. The highest BCUT2D eigenvalue weighted by atomic mass is 16.6. The SMILES string of the molecule is CCB1OCC(CCCC2COB(CC)O2)O1. The Kier molecular flexibility index (Phi) is 5.35. The Bertz CT molecular complexity index is 208. The quantitative estimate of drug-likeness (QED) is 0.665.